The van der Waals surface area contributed by atoms with Crippen LogP contribution in [0.1, 0.15) is 6.92 Å². The molecule has 2 aromatic rings. The first-order chi connectivity index (χ1) is 14.5. The van der Waals surface area contributed by atoms with Crippen molar-refractivity contribution in [1.82, 2.24) is 10.2 Å². The Morgan fingerprint density at radius 3 is 2.43 bits per heavy atom. The molecular formula is C21H23FN4O4. The number of carbonyl (C=O) groups is 2. The van der Waals surface area contributed by atoms with Crippen LogP contribution in [0.4, 0.5) is 20.6 Å². The predicted molar refractivity (Wildman–Crippen MR) is 109 cm³/mol. The van der Waals surface area contributed by atoms with Crippen LogP contribution < -0.4 is 25.0 Å². The maximum atomic E-state index is 13.1. The Labute approximate surface area is 173 Å². The van der Waals surface area contributed by atoms with Crippen LogP contribution >= 0.6 is 0 Å². The van der Waals surface area contributed by atoms with Gasteiger partial charge in [-0.2, -0.15) is 0 Å². The minimum Gasteiger partial charge on any atom is -0.454 e. The number of rotatable bonds is 4. The molecular weight excluding hydrogens is 391 g/mol. The number of nitrogens with one attached hydrogen (secondary N) is 2. The van der Waals surface area contributed by atoms with Crippen molar-refractivity contribution in [2.45, 2.75) is 13.0 Å². The topological polar surface area (TPSA) is 83.1 Å². The molecule has 158 valence electrons. The van der Waals surface area contributed by atoms with E-state index in [0.717, 1.165) is 5.69 Å². The molecule has 9 heteroatoms. The Morgan fingerprint density at radius 1 is 1.00 bits per heavy atom. The number of nitrogens with zero attached hydrogens (tertiary/aromatic N) is 2. The largest absolute Gasteiger partial charge is 0.454 e. The molecule has 1 atom stereocenters. The van der Waals surface area contributed by atoms with Gasteiger partial charge in [0.05, 0.1) is 0 Å². The molecule has 2 aromatic carbocycles. The molecule has 1 fully saturated rings. The number of fused-ring (bicyclic) bond motifs is 1. The van der Waals surface area contributed by atoms with Crippen LogP contribution in [-0.2, 0) is 4.79 Å². The van der Waals surface area contributed by atoms with Gasteiger partial charge < -0.3 is 29.9 Å². The van der Waals surface area contributed by atoms with E-state index in [9.17, 15) is 14.0 Å². The molecule has 30 heavy (non-hydrogen) atoms. The lowest BCUT2D eigenvalue weighted by Gasteiger charge is -2.36. The monoisotopic (exact) mass is 414 g/mol. The minimum atomic E-state index is -0.710. The molecule has 1 saturated heterocycles. The molecule has 3 amide bonds. The first kappa shape index (κ1) is 19.8. The maximum Gasteiger partial charge on any atom is 0.318 e. The van der Waals surface area contributed by atoms with Crippen LogP contribution in [-0.4, -0.2) is 55.9 Å². The van der Waals surface area contributed by atoms with Crippen molar-refractivity contribution in [2.24, 2.45) is 0 Å². The van der Waals surface area contributed by atoms with Gasteiger partial charge in [-0.05, 0) is 43.3 Å². The van der Waals surface area contributed by atoms with Crippen LogP contribution in [0.15, 0.2) is 42.5 Å². The third-order valence-electron chi connectivity index (χ3n) is 5.13. The highest BCUT2D eigenvalue weighted by Crippen LogP contribution is 2.34. The van der Waals surface area contributed by atoms with E-state index in [1.54, 1.807) is 42.2 Å². The highest BCUT2D eigenvalue weighted by molar-refractivity contribution is 5.97. The summed E-state index contributed by atoms with van der Waals surface area (Å²) in [6, 6.07) is 10.4. The van der Waals surface area contributed by atoms with Crippen molar-refractivity contribution in [3.63, 3.8) is 0 Å². The van der Waals surface area contributed by atoms with Crippen molar-refractivity contribution < 1.29 is 23.5 Å². The number of carbonyl (C=O) groups excluding carboxylic acids is 2. The molecule has 4 rings (SSSR count). The van der Waals surface area contributed by atoms with Crippen molar-refractivity contribution in [1.29, 1.82) is 0 Å². The molecule has 0 aliphatic carbocycles. The van der Waals surface area contributed by atoms with Crippen LogP contribution in [0.25, 0.3) is 0 Å². The van der Waals surface area contributed by atoms with Gasteiger partial charge in [0.2, 0.25) is 12.7 Å². The lowest BCUT2D eigenvalue weighted by Crippen LogP contribution is -2.54. The zero-order chi connectivity index (χ0) is 21.1. The highest BCUT2D eigenvalue weighted by atomic mass is 19.1. The summed E-state index contributed by atoms with van der Waals surface area (Å²) in [7, 11) is 0. The summed E-state index contributed by atoms with van der Waals surface area (Å²) in [6.45, 7) is 4.09. The van der Waals surface area contributed by atoms with Crippen molar-refractivity contribution in [3.8, 4) is 11.5 Å². The van der Waals surface area contributed by atoms with Gasteiger partial charge in [0.15, 0.2) is 11.5 Å². The van der Waals surface area contributed by atoms with Crippen LogP contribution in [0.3, 0.4) is 0 Å². The maximum absolute atomic E-state index is 13.1. The summed E-state index contributed by atoms with van der Waals surface area (Å²) < 4.78 is 23.6. The number of benzene rings is 2. The number of halogens is 1. The van der Waals surface area contributed by atoms with Gasteiger partial charge in [-0.1, -0.05) is 0 Å². The third kappa shape index (κ3) is 4.40. The minimum absolute atomic E-state index is 0.160. The molecule has 2 heterocycles. The Balaban J connectivity index is 1.26. The van der Waals surface area contributed by atoms with E-state index in [0.29, 0.717) is 43.4 Å². The standard InChI is InChI=1S/C21H23FN4O4/c1-14(20(27)24-16-4-7-18-19(12-16)30-13-29-18)23-21(28)26-10-8-25(9-11-26)17-5-2-15(22)3-6-17/h2-7,12,14H,8-11,13H2,1H3,(H,23,28)(H,24,27)/t14-/m1/s1. The summed E-state index contributed by atoms with van der Waals surface area (Å²) in [5.74, 6) is 0.606. The zero-order valence-corrected chi connectivity index (χ0v) is 16.6. The molecule has 2 N–H and O–H groups in total. The SMILES string of the molecule is C[C@@H](NC(=O)N1CCN(c2ccc(F)cc2)CC1)C(=O)Nc1ccc2c(c1)OCO2. The van der Waals surface area contributed by atoms with E-state index >= 15 is 0 Å². The summed E-state index contributed by atoms with van der Waals surface area (Å²) in [5, 5.41) is 5.50. The predicted octanol–water partition coefficient (Wildman–Crippen LogP) is 2.41. The Bertz CT molecular complexity index is 929. The second-order valence-electron chi connectivity index (χ2n) is 7.18. The average Bonchev–Trinajstić information content (AvgIpc) is 3.22. The van der Waals surface area contributed by atoms with Gasteiger partial charge in [0.25, 0.3) is 0 Å². The van der Waals surface area contributed by atoms with E-state index in [1.165, 1.54) is 12.1 Å². The number of hydrogen-bond donors (Lipinski definition) is 2. The number of hydrogen-bond acceptors (Lipinski definition) is 5. The zero-order valence-electron chi connectivity index (χ0n) is 16.6. The summed E-state index contributed by atoms with van der Waals surface area (Å²) in [5.41, 5.74) is 1.49. The van der Waals surface area contributed by atoms with Gasteiger partial charge in [-0.15, -0.1) is 0 Å². The van der Waals surface area contributed by atoms with E-state index < -0.39 is 6.04 Å². The first-order valence-electron chi connectivity index (χ1n) is 9.76. The average molecular weight is 414 g/mol. The van der Waals surface area contributed by atoms with Gasteiger partial charge in [0.1, 0.15) is 11.9 Å². The quantitative estimate of drug-likeness (QED) is 0.803. The highest BCUT2D eigenvalue weighted by Gasteiger charge is 2.24. The molecule has 2 aliphatic heterocycles. The van der Waals surface area contributed by atoms with E-state index in [-0.39, 0.29) is 24.5 Å². The number of ether oxygens (including phenoxy) is 2. The number of anilines is 2. The number of piperazine rings is 1. The van der Waals surface area contributed by atoms with Crippen molar-refractivity contribution in [2.75, 3.05) is 43.2 Å². The van der Waals surface area contributed by atoms with Gasteiger partial charge >= 0.3 is 6.03 Å². The fraction of sp³-hybridized carbons (Fsp3) is 0.333. The fourth-order valence-electron chi connectivity index (χ4n) is 3.39. The van der Waals surface area contributed by atoms with Gasteiger partial charge in [0, 0.05) is 43.6 Å². The molecule has 0 aromatic heterocycles. The Morgan fingerprint density at radius 2 is 1.70 bits per heavy atom. The molecule has 0 saturated carbocycles. The molecule has 8 nitrogen and oxygen atoms in total. The Kier molecular flexibility index (Phi) is 5.60. The van der Waals surface area contributed by atoms with Crippen molar-refractivity contribution in [3.05, 3.63) is 48.3 Å². The number of urea groups is 1. The van der Waals surface area contributed by atoms with Gasteiger partial charge in [-0.3, -0.25) is 4.79 Å². The molecule has 0 spiro atoms. The third-order valence-corrected chi connectivity index (χ3v) is 5.13. The summed E-state index contributed by atoms with van der Waals surface area (Å²) in [4.78, 5) is 28.7. The lowest BCUT2D eigenvalue weighted by molar-refractivity contribution is -0.117. The van der Waals surface area contributed by atoms with E-state index in [1.807, 2.05) is 0 Å². The van der Waals surface area contributed by atoms with Crippen LogP contribution in [0.2, 0.25) is 0 Å². The van der Waals surface area contributed by atoms with E-state index in [2.05, 4.69) is 15.5 Å². The molecule has 2 aliphatic rings. The summed E-state index contributed by atoms with van der Waals surface area (Å²) >= 11 is 0. The lowest BCUT2D eigenvalue weighted by atomic mass is 10.2. The Hall–Kier alpha value is -3.49. The smallest absolute Gasteiger partial charge is 0.318 e. The molecule has 0 unspecified atom stereocenters. The molecule has 0 radical (unpaired) electrons. The van der Waals surface area contributed by atoms with Gasteiger partial charge in [-0.25, -0.2) is 9.18 Å². The first-order valence-corrected chi connectivity index (χ1v) is 9.76. The second-order valence-corrected chi connectivity index (χ2v) is 7.18. The van der Waals surface area contributed by atoms with Crippen LogP contribution in [0, 0.1) is 5.82 Å². The van der Waals surface area contributed by atoms with E-state index in [4.69, 9.17) is 9.47 Å². The van der Waals surface area contributed by atoms with Crippen molar-refractivity contribution >= 4 is 23.3 Å². The normalized spacial score (nSPS) is 16.2. The fourth-order valence-corrected chi connectivity index (χ4v) is 3.39. The number of amides is 3. The summed E-state index contributed by atoms with van der Waals surface area (Å²) in [6.07, 6.45) is 0. The second kappa shape index (κ2) is 8.48. The van der Waals surface area contributed by atoms with Crippen LogP contribution in [0.5, 0.6) is 11.5 Å². The molecule has 0 bridgehead atoms.